The van der Waals surface area contributed by atoms with Gasteiger partial charge >= 0.3 is 0 Å². The molecular formula is C24H33FN4O3. The molecule has 0 unspecified atom stereocenters. The number of imidazole rings is 1. The molecule has 2 atom stereocenters. The minimum absolute atomic E-state index is 0.0299. The molecular weight excluding hydrogens is 411 g/mol. The zero-order valence-electron chi connectivity index (χ0n) is 19.0. The van der Waals surface area contributed by atoms with E-state index in [0.717, 1.165) is 50.9 Å². The van der Waals surface area contributed by atoms with Crippen LogP contribution in [0.25, 0.3) is 0 Å². The number of piperidine rings is 1. The summed E-state index contributed by atoms with van der Waals surface area (Å²) in [7, 11) is 3.72. The minimum Gasteiger partial charge on any atom is -0.489 e. The van der Waals surface area contributed by atoms with Crippen molar-refractivity contribution in [2.24, 2.45) is 7.05 Å². The lowest BCUT2D eigenvalue weighted by Crippen LogP contribution is -2.51. The quantitative estimate of drug-likeness (QED) is 0.728. The van der Waals surface area contributed by atoms with E-state index in [1.54, 1.807) is 25.6 Å². The third kappa shape index (κ3) is 5.13. The van der Waals surface area contributed by atoms with Crippen molar-refractivity contribution in [3.8, 4) is 5.75 Å². The molecule has 174 valence electrons. The molecule has 0 spiro atoms. The van der Waals surface area contributed by atoms with Gasteiger partial charge in [-0.3, -0.25) is 9.69 Å². The summed E-state index contributed by atoms with van der Waals surface area (Å²) in [4.78, 5) is 21.8. The summed E-state index contributed by atoms with van der Waals surface area (Å²) in [5.41, 5.74) is 1.59. The van der Waals surface area contributed by atoms with Gasteiger partial charge in [-0.15, -0.1) is 0 Å². The van der Waals surface area contributed by atoms with E-state index in [0.29, 0.717) is 25.3 Å². The molecule has 0 saturated carbocycles. The zero-order valence-corrected chi connectivity index (χ0v) is 19.0. The van der Waals surface area contributed by atoms with Gasteiger partial charge in [-0.2, -0.15) is 0 Å². The normalized spacial score (nSPS) is 23.3. The number of aromatic nitrogens is 2. The summed E-state index contributed by atoms with van der Waals surface area (Å²) in [6.45, 7) is 3.37. The standard InChI is InChI=1S/C24H33FN4O3/c1-27-17-26-15-19(27)16-28-10-4-3-6-21-22(31-2)7-5-11-29(21)24(30)18-8-9-20(25)23(14-18)32-13-12-28/h8-9,14-15,17,21-22H,3-7,10-13,16H2,1-2H3/t21-,22-/m1/s1. The number of halogens is 1. The molecule has 0 aliphatic carbocycles. The number of carbonyl (C=O) groups is 1. The summed E-state index contributed by atoms with van der Waals surface area (Å²) in [6.07, 6.45) is 8.48. The SMILES string of the molecule is CO[C@@H]1CCCN2C(=O)c3ccc(F)c(c3)OCCN(Cc3cncn3C)CCCC[C@H]12. The first-order valence-electron chi connectivity index (χ1n) is 11.5. The Morgan fingerprint density at radius 3 is 2.84 bits per heavy atom. The predicted molar refractivity (Wildman–Crippen MR) is 119 cm³/mol. The Morgan fingerprint density at radius 2 is 2.06 bits per heavy atom. The van der Waals surface area contributed by atoms with Gasteiger partial charge in [0.1, 0.15) is 6.61 Å². The lowest BCUT2D eigenvalue weighted by atomic mass is 9.93. The van der Waals surface area contributed by atoms with Crippen LogP contribution in [0.1, 0.15) is 48.2 Å². The molecule has 2 bridgehead atoms. The molecule has 3 heterocycles. The van der Waals surface area contributed by atoms with Gasteiger partial charge in [0.2, 0.25) is 0 Å². The maximum absolute atomic E-state index is 14.4. The van der Waals surface area contributed by atoms with Gasteiger partial charge < -0.3 is 18.9 Å². The number of fused-ring (bicyclic) bond motifs is 3. The second-order valence-corrected chi connectivity index (χ2v) is 8.74. The van der Waals surface area contributed by atoms with Crippen LogP contribution in [0.15, 0.2) is 30.7 Å². The van der Waals surface area contributed by atoms with Gasteiger partial charge in [0.25, 0.3) is 5.91 Å². The lowest BCUT2D eigenvalue weighted by molar-refractivity contribution is -0.0156. The van der Waals surface area contributed by atoms with Gasteiger partial charge in [0.15, 0.2) is 11.6 Å². The molecule has 7 nitrogen and oxygen atoms in total. The number of aryl methyl sites for hydroxylation is 1. The highest BCUT2D eigenvalue weighted by Gasteiger charge is 2.34. The number of methoxy groups -OCH3 is 1. The topological polar surface area (TPSA) is 59.8 Å². The molecule has 0 radical (unpaired) electrons. The highest BCUT2D eigenvalue weighted by atomic mass is 19.1. The fourth-order valence-electron chi connectivity index (χ4n) is 4.81. The Morgan fingerprint density at radius 1 is 1.19 bits per heavy atom. The number of nitrogens with zero attached hydrogens (tertiary/aromatic N) is 4. The molecule has 4 rings (SSSR count). The first-order valence-corrected chi connectivity index (χ1v) is 11.5. The maximum Gasteiger partial charge on any atom is 0.254 e. The molecule has 32 heavy (non-hydrogen) atoms. The van der Waals surface area contributed by atoms with Gasteiger partial charge in [-0.1, -0.05) is 6.42 Å². The summed E-state index contributed by atoms with van der Waals surface area (Å²) >= 11 is 0. The number of carbonyl (C=O) groups excluding carboxylic acids is 1. The van der Waals surface area contributed by atoms with Crippen LogP contribution in [-0.2, 0) is 18.3 Å². The van der Waals surface area contributed by atoms with E-state index < -0.39 is 5.82 Å². The van der Waals surface area contributed by atoms with Crippen LogP contribution in [-0.4, -0.2) is 70.8 Å². The Labute approximate surface area is 189 Å². The van der Waals surface area contributed by atoms with Crippen LogP contribution in [0.5, 0.6) is 5.75 Å². The highest BCUT2D eigenvalue weighted by molar-refractivity contribution is 5.95. The largest absolute Gasteiger partial charge is 0.489 e. The van der Waals surface area contributed by atoms with E-state index in [9.17, 15) is 9.18 Å². The van der Waals surface area contributed by atoms with Crippen LogP contribution in [0.2, 0.25) is 0 Å². The summed E-state index contributed by atoms with van der Waals surface area (Å²) in [6, 6.07) is 4.46. The van der Waals surface area contributed by atoms with Gasteiger partial charge in [-0.05, 0) is 50.4 Å². The van der Waals surface area contributed by atoms with Gasteiger partial charge in [0.05, 0.1) is 24.2 Å². The van der Waals surface area contributed by atoms with E-state index in [1.807, 2.05) is 22.7 Å². The third-order valence-electron chi connectivity index (χ3n) is 6.65. The van der Waals surface area contributed by atoms with Crippen molar-refractivity contribution in [3.05, 3.63) is 47.8 Å². The van der Waals surface area contributed by atoms with Crippen molar-refractivity contribution in [1.82, 2.24) is 19.4 Å². The van der Waals surface area contributed by atoms with E-state index in [2.05, 4.69) is 9.88 Å². The van der Waals surface area contributed by atoms with Crippen molar-refractivity contribution in [2.75, 3.05) is 33.4 Å². The van der Waals surface area contributed by atoms with Crippen molar-refractivity contribution in [3.63, 3.8) is 0 Å². The van der Waals surface area contributed by atoms with E-state index in [-0.39, 0.29) is 23.8 Å². The molecule has 1 saturated heterocycles. The number of hydrogen-bond donors (Lipinski definition) is 0. The van der Waals surface area contributed by atoms with Crippen molar-refractivity contribution in [2.45, 2.75) is 50.8 Å². The van der Waals surface area contributed by atoms with E-state index in [4.69, 9.17) is 9.47 Å². The third-order valence-corrected chi connectivity index (χ3v) is 6.65. The fourth-order valence-corrected chi connectivity index (χ4v) is 4.81. The van der Waals surface area contributed by atoms with Crippen LogP contribution < -0.4 is 4.74 Å². The maximum atomic E-state index is 14.4. The predicted octanol–water partition coefficient (Wildman–Crippen LogP) is 3.24. The second kappa shape index (κ2) is 10.4. The first-order chi connectivity index (χ1) is 15.6. The summed E-state index contributed by atoms with van der Waals surface area (Å²) in [5.74, 6) is -0.390. The average molecular weight is 445 g/mol. The minimum atomic E-state index is -0.447. The van der Waals surface area contributed by atoms with Crippen LogP contribution in [0.3, 0.4) is 0 Å². The monoisotopic (exact) mass is 444 g/mol. The van der Waals surface area contributed by atoms with Crippen LogP contribution in [0.4, 0.5) is 4.39 Å². The number of amides is 1. The Kier molecular flexibility index (Phi) is 7.42. The number of benzene rings is 1. The molecule has 2 aliphatic heterocycles. The van der Waals surface area contributed by atoms with Crippen LogP contribution >= 0.6 is 0 Å². The molecule has 1 amide bonds. The average Bonchev–Trinajstić information content (AvgIpc) is 3.20. The van der Waals surface area contributed by atoms with E-state index in [1.165, 1.54) is 6.07 Å². The molecule has 2 aromatic rings. The molecule has 0 N–H and O–H groups in total. The number of rotatable bonds is 3. The van der Waals surface area contributed by atoms with Crippen molar-refractivity contribution >= 4 is 5.91 Å². The Balaban J connectivity index is 1.57. The van der Waals surface area contributed by atoms with Gasteiger partial charge in [-0.25, -0.2) is 9.37 Å². The van der Waals surface area contributed by atoms with Crippen molar-refractivity contribution in [1.29, 1.82) is 0 Å². The highest BCUT2D eigenvalue weighted by Crippen LogP contribution is 2.28. The molecule has 1 aromatic heterocycles. The molecule has 2 aliphatic rings. The smallest absolute Gasteiger partial charge is 0.254 e. The molecule has 8 heteroatoms. The van der Waals surface area contributed by atoms with Gasteiger partial charge in [0, 0.05) is 45.6 Å². The Bertz CT molecular complexity index is 918. The molecule has 1 aromatic carbocycles. The summed E-state index contributed by atoms with van der Waals surface area (Å²) in [5, 5.41) is 0. The van der Waals surface area contributed by atoms with Crippen LogP contribution in [0, 0.1) is 5.82 Å². The fraction of sp³-hybridized carbons (Fsp3) is 0.583. The van der Waals surface area contributed by atoms with E-state index >= 15 is 0 Å². The number of hydrogen-bond acceptors (Lipinski definition) is 5. The lowest BCUT2D eigenvalue weighted by Gasteiger charge is -2.41. The summed E-state index contributed by atoms with van der Waals surface area (Å²) < 4.78 is 28.0. The molecule has 1 fully saturated rings. The first kappa shape index (κ1) is 22.7. The van der Waals surface area contributed by atoms with Crippen molar-refractivity contribution < 1.29 is 18.7 Å². The second-order valence-electron chi connectivity index (χ2n) is 8.74. The Hall–Kier alpha value is -2.45. The zero-order chi connectivity index (χ0) is 22.5. The number of ether oxygens (including phenoxy) is 2.